The summed E-state index contributed by atoms with van der Waals surface area (Å²) in [5.41, 5.74) is 7.44. The second-order valence-corrected chi connectivity index (χ2v) is 3.42. The summed E-state index contributed by atoms with van der Waals surface area (Å²) in [5, 5.41) is 4.19. The smallest absolute Gasteiger partial charge is 0.213 e. The Kier molecular flexibility index (Phi) is 3.16. The third-order valence-electron chi connectivity index (χ3n) is 2.24. The summed E-state index contributed by atoms with van der Waals surface area (Å²) in [4.78, 5) is 4.31. The zero-order chi connectivity index (χ0) is 11.4. The number of ether oxygens (including phenoxy) is 1. The Labute approximate surface area is 93.9 Å². The van der Waals surface area contributed by atoms with E-state index in [0.29, 0.717) is 19.0 Å². The highest BCUT2D eigenvalue weighted by molar-refractivity contribution is 5.16. The Morgan fingerprint density at radius 2 is 2.31 bits per heavy atom. The normalized spacial score (nSPS) is 10.4. The van der Waals surface area contributed by atoms with Crippen molar-refractivity contribution in [1.29, 1.82) is 0 Å². The van der Waals surface area contributed by atoms with Gasteiger partial charge in [-0.3, -0.25) is 4.68 Å². The molecule has 5 heteroatoms. The summed E-state index contributed by atoms with van der Waals surface area (Å²) in [6.07, 6.45) is 3.68. The van der Waals surface area contributed by atoms with Crippen LogP contribution in [0.25, 0.3) is 0 Å². The average molecular weight is 218 g/mol. The first kappa shape index (κ1) is 10.6. The summed E-state index contributed by atoms with van der Waals surface area (Å²) in [5.74, 6) is 0.615. The van der Waals surface area contributed by atoms with Crippen LogP contribution < -0.4 is 10.5 Å². The van der Waals surface area contributed by atoms with E-state index in [1.54, 1.807) is 13.3 Å². The molecule has 0 atom stereocenters. The standard InChI is InChI=1S/C11H14N4O/c1-16-11-4-2-3-10(14-11)8-15-7-9(5-12)6-13-15/h2-4,6-7H,5,8,12H2,1H3. The predicted octanol–water partition coefficient (Wildman–Crippen LogP) is 0.794. The maximum atomic E-state index is 5.51. The largest absolute Gasteiger partial charge is 0.481 e. The second kappa shape index (κ2) is 4.76. The number of rotatable bonds is 4. The fraction of sp³-hybridized carbons (Fsp3) is 0.273. The van der Waals surface area contributed by atoms with E-state index in [1.165, 1.54) is 0 Å². The van der Waals surface area contributed by atoms with Crippen LogP contribution in [0, 0.1) is 0 Å². The Morgan fingerprint density at radius 1 is 1.44 bits per heavy atom. The predicted molar refractivity (Wildman–Crippen MR) is 60.0 cm³/mol. The molecule has 0 radical (unpaired) electrons. The molecule has 2 aromatic rings. The van der Waals surface area contributed by atoms with E-state index in [2.05, 4.69) is 10.1 Å². The lowest BCUT2D eigenvalue weighted by molar-refractivity contribution is 0.395. The van der Waals surface area contributed by atoms with Gasteiger partial charge in [-0.2, -0.15) is 5.10 Å². The van der Waals surface area contributed by atoms with Gasteiger partial charge in [0.15, 0.2) is 0 Å². The molecule has 0 bridgehead atoms. The molecule has 0 saturated carbocycles. The van der Waals surface area contributed by atoms with Crippen molar-refractivity contribution in [3.63, 3.8) is 0 Å². The first-order chi connectivity index (χ1) is 7.81. The van der Waals surface area contributed by atoms with E-state index in [1.807, 2.05) is 29.1 Å². The van der Waals surface area contributed by atoms with Crippen LogP contribution in [0.4, 0.5) is 0 Å². The number of pyridine rings is 1. The zero-order valence-corrected chi connectivity index (χ0v) is 9.13. The Balaban J connectivity index is 2.13. The molecule has 0 fully saturated rings. The molecule has 2 N–H and O–H groups in total. The molecule has 0 amide bonds. The maximum absolute atomic E-state index is 5.51. The van der Waals surface area contributed by atoms with Crippen molar-refractivity contribution in [3.8, 4) is 5.88 Å². The molecule has 2 rings (SSSR count). The van der Waals surface area contributed by atoms with Crippen molar-refractivity contribution in [2.24, 2.45) is 5.73 Å². The van der Waals surface area contributed by atoms with Crippen LogP contribution in [0.5, 0.6) is 5.88 Å². The van der Waals surface area contributed by atoms with Gasteiger partial charge in [-0.25, -0.2) is 4.98 Å². The number of nitrogens with zero attached hydrogens (tertiary/aromatic N) is 3. The Hall–Kier alpha value is -1.88. The van der Waals surface area contributed by atoms with Crippen molar-refractivity contribution < 1.29 is 4.74 Å². The minimum Gasteiger partial charge on any atom is -0.481 e. The summed E-state index contributed by atoms with van der Waals surface area (Å²) in [7, 11) is 1.60. The van der Waals surface area contributed by atoms with Crippen LogP contribution >= 0.6 is 0 Å². The van der Waals surface area contributed by atoms with Gasteiger partial charge in [0.2, 0.25) is 5.88 Å². The summed E-state index contributed by atoms with van der Waals surface area (Å²) in [6.45, 7) is 1.13. The highest BCUT2D eigenvalue weighted by atomic mass is 16.5. The first-order valence-electron chi connectivity index (χ1n) is 5.03. The van der Waals surface area contributed by atoms with Crippen LogP contribution in [0.3, 0.4) is 0 Å². The van der Waals surface area contributed by atoms with Gasteiger partial charge in [-0.1, -0.05) is 6.07 Å². The summed E-state index contributed by atoms with van der Waals surface area (Å²) >= 11 is 0. The van der Waals surface area contributed by atoms with Gasteiger partial charge >= 0.3 is 0 Å². The molecule has 16 heavy (non-hydrogen) atoms. The molecule has 0 aliphatic carbocycles. The quantitative estimate of drug-likeness (QED) is 0.824. The minimum absolute atomic E-state index is 0.505. The molecule has 2 aromatic heterocycles. The fourth-order valence-electron chi connectivity index (χ4n) is 1.42. The number of nitrogens with two attached hydrogens (primary N) is 1. The van der Waals surface area contributed by atoms with Crippen molar-refractivity contribution in [3.05, 3.63) is 41.9 Å². The molecular weight excluding hydrogens is 204 g/mol. The van der Waals surface area contributed by atoms with Crippen molar-refractivity contribution in [2.75, 3.05) is 7.11 Å². The molecule has 0 aliphatic heterocycles. The number of hydrogen-bond acceptors (Lipinski definition) is 4. The van der Waals surface area contributed by atoms with E-state index >= 15 is 0 Å². The van der Waals surface area contributed by atoms with Gasteiger partial charge in [0, 0.05) is 24.4 Å². The molecule has 5 nitrogen and oxygen atoms in total. The van der Waals surface area contributed by atoms with Crippen LogP contribution in [0.1, 0.15) is 11.3 Å². The fourth-order valence-corrected chi connectivity index (χ4v) is 1.42. The van der Waals surface area contributed by atoms with E-state index in [4.69, 9.17) is 10.5 Å². The lowest BCUT2D eigenvalue weighted by atomic mass is 10.3. The first-order valence-corrected chi connectivity index (χ1v) is 5.03. The molecule has 0 aromatic carbocycles. The maximum Gasteiger partial charge on any atom is 0.213 e. The molecule has 0 aliphatic rings. The molecule has 0 unspecified atom stereocenters. The van der Waals surface area contributed by atoms with E-state index in [-0.39, 0.29) is 0 Å². The van der Waals surface area contributed by atoms with Gasteiger partial charge < -0.3 is 10.5 Å². The van der Waals surface area contributed by atoms with Crippen molar-refractivity contribution in [1.82, 2.24) is 14.8 Å². The zero-order valence-electron chi connectivity index (χ0n) is 9.13. The van der Waals surface area contributed by atoms with Gasteiger partial charge in [0.05, 0.1) is 25.5 Å². The lowest BCUT2D eigenvalue weighted by Gasteiger charge is -2.03. The van der Waals surface area contributed by atoms with E-state index in [0.717, 1.165) is 11.3 Å². The Bertz CT molecular complexity index is 467. The third kappa shape index (κ3) is 2.38. The number of aromatic nitrogens is 3. The van der Waals surface area contributed by atoms with Crippen LogP contribution in [-0.2, 0) is 13.1 Å². The highest BCUT2D eigenvalue weighted by Crippen LogP contribution is 2.08. The SMILES string of the molecule is COc1cccc(Cn2cc(CN)cn2)n1. The van der Waals surface area contributed by atoms with E-state index < -0.39 is 0 Å². The molecular formula is C11H14N4O. The van der Waals surface area contributed by atoms with Crippen molar-refractivity contribution >= 4 is 0 Å². The Morgan fingerprint density at radius 3 is 3.00 bits per heavy atom. The third-order valence-corrected chi connectivity index (χ3v) is 2.24. The van der Waals surface area contributed by atoms with Gasteiger partial charge in [-0.15, -0.1) is 0 Å². The van der Waals surface area contributed by atoms with Gasteiger partial charge in [0.1, 0.15) is 0 Å². The second-order valence-electron chi connectivity index (χ2n) is 3.42. The lowest BCUT2D eigenvalue weighted by Crippen LogP contribution is -2.03. The van der Waals surface area contributed by atoms with Gasteiger partial charge in [0.25, 0.3) is 0 Å². The van der Waals surface area contributed by atoms with Crippen molar-refractivity contribution in [2.45, 2.75) is 13.1 Å². The molecule has 0 spiro atoms. The van der Waals surface area contributed by atoms with Crippen LogP contribution in [-0.4, -0.2) is 21.9 Å². The number of hydrogen-bond donors (Lipinski definition) is 1. The van der Waals surface area contributed by atoms with E-state index in [9.17, 15) is 0 Å². The summed E-state index contributed by atoms with van der Waals surface area (Å²) < 4.78 is 6.87. The summed E-state index contributed by atoms with van der Waals surface area (Å²) in [6, 6.07) is 5.67. The number of methoxy groups -OCH3 is 1. The van der Waals surface area contributed by atoms with Gasteiger partial charge in [-0.05, 0) is 6.07 Å². The van der Waals surface area contributed by atoms with Crippen LogP contribution in [0.15, 0.2) is 30.6 Å². The van der Waals surface area contributed by atoms with Crippen LogP contribution in [0.2, 0.25) is 0 Å². The molecule has 0 saturated heterocycles. The highest BCUT2D eigenvalue weighted by Gasteiger charge is 2.00. The average Bonchev–Trinajstić information content (AvgIpc) is 2.77. The molecule has 2 heterocycles. The molecule has 84 valence electrons. The monoisotopic (exact) mass is 218 g/mol. The topological polar surface area (TPSA) is 66.0 Å². The minimum atomic E-state index is 0.505.